The van der Waals surface area contributed by atoms with Crippen LogP contribution in [-0.4, -0.2) is 56.7 Å². The van der Waals surface area contributed by atoms with Crippen molar-refractivity contribution in [3.05, 3.63) is 0 Å². The van der Waals surface area contributed by atoms with Gasteiger partial charge in [-0.3, -0.25) is 4.99 Å². The molecule has 0 aromatic rings. The maximum Gasteiger partial charge on any atom is 0.214 e. The Labute approximate surface area is 139 Å². The normalized spacial score (nSPS) is 20.2. The van der Waals surface area contributed by atoms with Crippen LogP contribution in [0.1, 0.15) is 33.6 Å². The van der Waals surface area contributed by atoms with Crippen molar-refractivity contribution >= 4 is 40.0 Å². The molecule has 120 valence electrons. The van der Waals surface area contributed by atoms with Crippen LogP contribution in [0.4, 0.5) is 0 Å². The van der Waals surface area contributed by atoms with Crippen molar-refractivity contribution in [2.24, 2.45) is 4.99 Å². The summed E-state index contributed by atoms with van der Waals surface area (Å²) in [7, 11) is -3.00. The van der Waals surface area contributed by atoms with Gasteiger partial charge in [-0.15, -0.1) is 24.0 Å². The zero-order valence-electron chi connectivity index (χ0n) is 12.6. The number of sulfonamides is 1. The summed E-state index contributed by atoms with van der Waals surface area (Å²) in [4.78, 5) is 4.42. The van der Waals surface area contributed by atoms with Gasteiger partial charge in [0.05, 0.1) is 12.3 Å². The van der Waals surface area contributed by atoms with Gasteiger partial charge < -0.3 is 10.6 Å². The molecule has 8 heteroatoms. The Bertz CT molecular complexity index is 400. The Balaban J connectivity index is 0.00000361. The summed E-state index contributed by atoms with van der Waals surface area (Å²) in [5.74, 6) is 1.04. The van der Waals surface area contributed by atoms with Gasteiger partial charge in [0.1, 0.15) is 0 Å². The first-order chi connectivity index (χ1) is 8.99. The van der Waals surface area contributed by atoms with Crippen LogP contribution in [0.2, 0.25) is 0 Å². The lowest BCUT2D eigenvalue weighted by Gasteiger charge is -2.17. The van der Waals surface area contributed by atoms with Crippen LogP contribution >= 0.6 is 24.0 Å². The van der Waals surface area contributed by atoms with E-state index in [0.29, 0.717) is 25.7 Å². The Morgan fingerprint density at radius 3 is 2.60 bits per heavy atom. The molecule has 0 bridgehead atoms. The predicted molar refractivity (Wildman–Crippen MR) is 94.3 cm³/mol. The molecule has 0 aromatic heterocycles. The number of hydrogen-bond donors (Lipinski definition) is 2. The lowest BCUT2D eigenvalue weighted by atomic mass is 10.3. The van der Waals surface area contributed by atoms with E-state index >= 15 is 0 Å². The molecule has 1 aliphatic heterocycles. The third-order valence-electron chi connectivity index (χ3n) is 3.16. The first kappa shape index (κ1) is 19.9. The van der Waals surface area contributed by atoms with Gasteiger partial charge in [0.15, 0.2) is 5.96 Å². The molecule has 1 atom stereocenters. The third-order valence-corrected chi connectivity index (χ3v) is 5.12. The molecule has 1 heterocycles. The van der Waals surface area contributed by atoms with E-state index in [1.54, 1.807) is 0 Å². The monoisotopic (exact) mass is 418 g/mol. The summed E-state index contributed by atoms with van der Waals surface area (Å²) in [5.41, 5.74) is 0. The van der Waals surface area contributed by atoms with Gasteiger partial charge in [-0.25, -0.2) is 12.7 Å². The summed E-state index contributed by atoms with van der Waals surface area (Å²) in [6.07, 6.45) is 1.75. The molecule has 1 rings (SSSR count). The van der Waals surface area contributed by atoms with E-state index in [1.165, 1.54) is 4.31 Å². The largest absolute Gasteiger partial charge is 0.357 e. The van der Waals surface area contributed by atoms with Crippen molar-refractivity contribution in [1.82, 2.24) is 14.9 Å². The quantitative estimate of drug-likeness (QED) is 0.384. The number of rotatable bonds is 6. The van der Waals surface area contributed by atoms with Crippen LogP contribution in [0.15, 0.2) is 4.99 Å². The van der Waals surface area contributed by atoms with Crippen LogP contribution in [-0.2, 0) is 10.0 Å². The van der Waals surface area contributed by atoms with Crippen LogP contribution in [0, 0.1) is 0 Å². The molecule has 6 nitrogen and oxygen atoms in total. The smallest absolute Gasteiger partial charge is 0.214 e. The first-order valence-corrected chi connectivity index (χ1v) is 8.63. The number of aliphatic imine (C=N–C) groups is 1. The van der Waals surface area contributed by atoms with Crippen molar-refractivity contribution < 1.29 is 8.42 Å². The van der Waals surface area contributed by atoms with Gasteiger partial charge in [-0.2, -0.15) is 0 Å². The minimum atomic E-state index is -3.00. The van der Waals surface area contributed by atoms with E-state index in [0.717, 1.165) is 25.3 Å². The summed E-state index contributed by atoms with van der Waals surface area (Å²) < 4.78 is 24.8. The van der Waals surface area contributed by atoms with E-state index in [1.807, 2.05) is 6.92 Å². The van der Waals surface area contributed by atoms with E-state index in [2.05, 4.69) is 29.5 Å². The first-order valence-electron chi connectivity index (χ1n) is 7.02. The Morgan fingerprint density at radius 1 is 1.40 bits per heavy atom. The molecule has 2 N–H and O–H groups in total. The zero-order chi connectivity index (χ0) is 14.3. The van der Waals surface area contributed by atoms with Crippen molar-refractivity contribution in [3.63, 3.8) is 0 Å². The molecule has 0 amide bonds. The Morgan fingerprint density at radius 2 is 2.10 bits per heavy atom. The number of halogens is 1. The Kier molecular flexibility index (Phi) is 9.73. The second kappa shape index (κ2) is 9.78. The van der Waals surface area contributed by atoms with Gasteiger partial charge in [0, 0.05) is 25.7 Å². The molecule has 1 aliphatic rings. The summed E-state index contributed by atoms with van der Waals surface area (Å²) in [5, 5.41) is 6.45. The fraction of sp³-hybridized carbons (Fsp3) is 0.917. The molecule has 1 unspecified atom stereocenters. The minimum Gasteiger partial charge on any atom is -0.357 e. The molecular weight excluding hydrogens is 391 g/mol. The SMILES string of the molecule is CCNC(=NCCN1CCCS1(=O)=O)NC(C)CC.I. The van der Waals surface area contributed by atoms with Crippen LogP contribution < -0.4 is 10.6 Å². The highest BCUT2D eigenvalue weighted by molar-refractivity contribution is 14.0. The fourth-order valence-corrected chi connectivity index (χ4v) is 3.39. The van der Waals surface area contributed by atoms with Crippen LogP contribution in [0.3, 0.4) is 0 Å². The van der Waals surface area contributed by atoms with Gasteiger partial charge in [0.25, 0.3) is 0 Å². The lowest BCUT2D eigenvalue weighted by molar-refractivity contribution is 0.451. The lowest BCUT2D eigenvalue weighted by Crippen LogP contribution is -2.42. The van der Waals surface area contributed by atoms with Gasteiger partial charge >= 0.3 is 0 Å². The minimum absolute atomic E-state index is 0. The van der Waals surface area contributed by atoms with E-state index in [-0.39, 0.29) is 29.7 Å². The molecule has 1 fully saturated rings. The van der Waals surface area contributed by atoms with Gasteiger partial charge in [-0.05, 0) is 26.7 Å². The number of nitrogens with zero attached hydrogens (tertiary/aromatic N) is 2. The van der Waals surface area contributed by atoms with Gasteiger partial charge in [-0.1, -0.05) is 6.92 Å². The third kappa shape index (κ3) is 6.57. The average molecular weight is 418 g/mol. The predicted octanol–water partition coefficient (Wildman–Crippen LogP) is 0.993. The van der Waals surface area contributed by atoms with E-state index in [9.17, 15) is 8.42 Å². The van der Waals surface area contributed by atoms with Crippen molar-refractivity contribution in [1.29, 1.82) is 0 Å². The Hall–Kier alpha value is -0.0900. The standard InChI is InChI=1S/C12H26N4O2S.HI/c1-4-11(3)15-12(13-5-2)14-7-9-16-8-6-10-19(16,17)18;/h11H,4-10H2,1-3H3,(H2,13,14,15);1H. The maximum absolute atomic E-state index is 11.6. The highest BCUT2D eigenvalue weighted by Crippen LogP contribution is 2.12. The summed E-state index contributed by atoms with van der Waals surface area (Å²) in [6, 6.07) is 0.355. The van der Waals surface area contributed by atoms with Crippen molar-refractivity contribution in [3.8, 4) is 0 Å². The van der Waals surface area contributed by atoms with E-state index < -0.39 is 10.0 Å². The van der Waals surface area contributed by atoms with Crippen LogP contribution in [0.25, 0.3) is 0 Å². The molecule has 0 radical (unpaired) electrons. The molecule has 0 spiro atoms. The molecule has 0 saturated carbocycles. The molecule has 20 heavy (non-hydrogen) atoms. The number of guanidine groups is 1. The fourth-order valence-electron chi connectivity index (χ4n) is 1.87. The van der Waals surface area contributed by atoms with E-state index in [4.69, 9.17) is 0 Å². The van der Waals surface area contributed by atoms with Gasteiger partial charge in [0.2, 0.25) is 10.0 Å². The second-order valence-electron chi connectivity index (χ2n) is 4.78. The number of hydrogen-bond acceptors (Lipinski definition) is 3. The highest BCUT2D eigenvalue weighted by Gasteiger charge is 2.27. The maximum atomic E-state index is 11.6. The molecule has 1 saturated heterocycles. The zero-order valence-corrected chi connectivity index (χ0v) is 15.7. The summed E-state index contributed by atoms with van der Waals surface area (Å²) in [6.45, 7) is 8.61. The topological polar surface area (TPSA) is 73.8 Å². The highest BCUT2D eigenvalue weighted by atomic mass is 127. The van der Waals surface area contributed by atoms with Crippen molar-refractivity contribution in [2.45, 2.75) is 39.7 Å². The number of nitrogens with one attached hydrogen (secondary N) is 2. The summed E-state index contributed by atoms with van der Waals surface area (Å²) >= 11 is 0. The van der Waals surface area contributed by atoms with Crippen LogP contribution in [0.5, 0.6) is 0 Å². The average Bonchev–Trinajstić information content (AvgIpc) is 2.69. The molecule has 0 aliphatic carbocycles. The molecule has 0 aromatic carbocycles. The second-order valence-corrected chi connectivity index (χ2v) is 6.87. The molecular formula is C12H27IN4O2S. The van der Waals surface area contributed by atoms with Crippen molar-refractivity contribution in [2.75, 3.05) is 31.9 Å².